The second kappa shape index (κ2) is 6.78. The Morgan fingerprint density at radius 1 is 0.886 bits per heavy atom. The fourth-order valence-electron chi connectivity index (χ4n) is 11.3. The molecule has 0 amide bonds. The van der Waals surface area contributed by atoms with Gasteiger partial charge in [-0.25, -0.2) is 0 Å². The molecule has 0 aromatic carbocycles. The van der Waals surface area contributed by atoms with Crippen molar-refractivity contribution in [3.05, 3.63) is 11.6 Å². The number of allylic oxidation sites excluding steroid dienone is 1. The minimum atomic E-state index is -0.131. The van der Waals surface area contributed by atoms with Crippen LogP contribution in [0, 0.1) is 44.3 Å². The van der Waals surface area contributed by atoms with E-state index in [1.54, 1.807) is 12.5 Å². The van der Waals surface area contributed by atoms with Crippen LogP contribution >= 0.6 is 0 Å². The average molecular weight is 483 g/mol. The Kier molecular flexibility index (Phi) is 4.74. The van der Waals surface area contributed by atoms with E-state index < -0.39 is 0 Å². The molecule has 9 atom stereocenters. The fourth-order valence-corrected chi connectivity index (χ4v) is 11.3. The Morgan fingerprint density at radius 2 is 1.57 bits per heavy atom. The number of hydrogen-bond acceptors (Lipinski definition) is 3. The molecule has 35 heavy (non-hydrogen) atoms. The number of hydrogen-bond donors (Lipinski definition) is 0. The smallest absolute Gasteiger partial charge is 0.302 e. The summed E-state index contributed by atoms with van der Waals surface area (Å²) in [5.41, 5.74) is 3.09. The van der Waals surface area contributed by atoms with E-state index in [4.69, 9.17) is 9.47 Å². The van der Waals surface area contributed by atoms with E-state index in [9.17, 15) is 4.79 Å². The zero-order chi connectivity index (χ0) is 25.4. The van der Waals surface area contributed by atoms with Crippen LogP contribution in [-0.4, -0.2) is 23.8 Å². The monoisotopic (exact) mass is 482 g/mol. The number of fused-ring (bicyclic) bond motifs is 5. The van der Waals surface area contributed by atoms with Gasteiger partial charge in [0.05, 0.1) is 0 Å². The SMILES string of the molecule is CC(=O)O[C@H]1CC[C@]2(C)C3=C[C@H]4O[C@]45[C@@H]4CC(C)(C)CC[C@]4(C)CC[C@@]5(C)[C@]3(C)CC[C@H]2C1(C)C. The van der Waals surface area contributed by atoms with Gasteiger partial charge in [0.2, 0.25) is 0 Å². The third-order valence-corrected chi connectivity index (χ3v) is 13.6. The topological polar surface area (TPSA) is 38.8 Å². The summed E-state index contributed by atoms with van der Waals surface area (Å²) in [5.74, 6) is 1.07. The van der Waals surface area contributed by atoms with Crippen molar-refractivity contribution in [2.75, 3.05) is 0 Å². The highest BCUT2D eigenvalue weighted by atomic mass is 16.6. The lowest BCUT2D eigenvalue weighted by molar-refractivity contribution is -0.185. The molecule has 0 bridgehead atoms. The molecule has 1 heterocycles. The minimum Gasteiger partial charge on any atom is -0.462 e. The van der Waals surface area contributed by atoms with E-state index in [1.165, 1.54) is 44.9 Å². The Balaban J connectivity index is 1.43. The molecule has 5 aliphatic carbocycles. The number of esters is 1. The molecule has 0 unspecified atom stereocenters. The summed E-state index contributed by atoms with van der Waals surface area (Å²) >= 11 is 0. The quantitative estimate of drug-likeness (QED) is 0.217. The van der Waals surface area contributed by atoms with Gasteiger partial charge in [-0.1, -0.05) is 67.0 Å². The minimum absolute atomic E-state index is 0.0147. The van der Waals surface area contributed by atoms with Crippen LogP contribution in [0.5, 0.6) is 0 Å². The number of ether oxygens (including phenoxy) is 2. The molecular formula is C32H50O3. The molecule has 6 aliphatic rings. The molecule has 0 aromatic heterocycles. The van der Waals surface area contributed by atoms with Crippen molar-refractivity contribution < 1.29 is 14.3 Å². The van der Waals surface area contributed by atoms with Gasteiger partial charge < -0.3 is 9.47 Å². The molecule has 3 heteroatoms. The summed E-state index contributed by atoms with van der Waals surface area (Å²) in [6.45, 7) is 21.7. The Morgan fingerprint density at radius 3 is 2.26 bits per heavy atom. The van der Waals surface area contributed by atoms with Gasteiger partial charge >= 0.3 is 5.97 Å². The normalized spacial score (nSPS) is 55.2. The predicted octanol–water partition coefficient (Wildman–Crippen LogP) is 7.87. The van der Waals surface area contributed by atoms with E-state index in [2.05, 4.69) is 61.5 Å². The number of epoxide rings is 1. The van der Waals surface area contributed by atoms with Crippen molar-refractivity contribution >= 4 is 5.97 Å². The molecule has 0 aromatic rings. The van der Waals surface area contributed by atoms with Crippen molar-refractivity contribution in [2.45, 2.75) is 138 Å². The summed E-state index contributed by atoms with van der Waals surface area (Å²) in [6, 6.07) is 0. The third-order valence-electron chi connectivity index (χ3n) is 13.6. The van der Waals surface area contributed by atoms with Crippen molar-refractivity contribution in [3.8, 4) is 0 Å². The maximum Gasteiger partial charge on any atom is 0.302 e. The zero-order valence-corrected chi connectivity index (χ0v) is 24.0. The Hall–Kier alpha value is -0.830. The Bertz CT molecular complexity index is 993. The van der Waals surface area contributed by atoms with Gasteiger partial charge in [0, 0.05) is 17.8 Å². The predicted molar refractivity (Wildman–Crippen MR) is 140 cm³/mol. The highest BCUT2D eigenvalue weighted by Gasteiger charge is 2.82. The van der Waals surface area contributed by atoms with Crippen molar-refractivity contribution in [2.24, 2.45) is 44.3 Å². The third kappa shape index (κ3) is 2.81. The zero-order valence-electron chi connectivity index (χ0n) is 24.0. The second-order valence-corrected chi connectivity index (χ2v) is 16.1. The molecule has 4 saturated carbocycles. The summed E-state index contributed by atoms with van der Waals surface area (Å²) in [6.07, 6.45) is 14.2. The van der Waals surface area contributed by atoms with Gasteiger partial charge in [0.15, 0.2) is 0 Å². The lowest BCUT2D eigenvalue weighted by Crippen LogP contribution is -2.67. The van der Waals surface area contributed by atoms with Crippen LogP contribution in [-0.2, 0) is 14.3 Å². The van der Waals surface area contributed by atoms with Crippen LogP contribution in [0.25, 0.3) is 0 Å². The fraction of sp³-hybridized carbons (Fsp3) is 0.906. The molecular weight excluding hydrogens is 432 g/mol. The van der Waals surface area contributed by atoms with Crippen molar-refractivity contribution in [1.29, 1.82) is 0 Å². The number of rotatable bonds is 1. The first-order chi connectivity index (χ1) is 16.1. The molecule has 196 valence electrons. The molecule has 3 nitrogen and oxygen atoms in total. The van der Waals surface area contributed by atoms with Crippen LogP contribution in [0.4, 0.5) is 0 Å². The summed E-state index contributed by atoms with van der Waals surface area (Å²) in [4.78, 5) is 11.9. The molecule has 6 rings (SSSR count). The molecule has 0 radical (unpaired) electrons. The lowest BCUT2D eigenvalue weighted by atomic mass is 9.34. The van der Waals surface area contributed by atoms with E-state index in [-0.39, 0.29) is 39.3 Å². The lowest BCUT2D eigenvalue weighted by Gasteiger charge is -2.69. The number of carbonyl (C=O) groups excluding carboxylic acids is 1. The summed E-state index contributed by atoms with van der Waals surface area (Å²) in [5, 5.41) is 0. The van der Waals surface area contributed by atoms with Crippen molar-refractivity contribution in [3.63, 3.8) is 0 Å². The van der Waals surface area contributed by atoms with Gasteiger partial charge in [-0.3, -0.25) is 4.79 Å². The van der Waals surface area contributed by atoms with E-state index in [0.29, 0.717) is 28.8 Å². The van der Waals surface area contributed by atoms with Crippen LogP contribution < -0.4 is 0 Å². The maximum absolute atomic E-state index is 11.9. The largest absolute Gasteiger partial charge is 0.462 e. The van der Waals surface area contributed by atoms with E-state index in [0.717, 1.165) is 12.8 Å². The molecule has 5 fully saturated rings. The van der Waals surface area contributed by atoms with Crippen molar-refractivity contribution in [1.82, 2.24) is 0 Å². The summed E-state index contributed by atoms with van der Waals surface area (Å²) < 4.78 is 13.0. The highest BCUT2D eigenvalue weighted by molar-refractivity contribution is 5.66. The molecule has 1 spiro atoms. The first-order valence-corrected chi connectivity index (χ1v) is 14.6. The van der Waals surface area contributed by atoms with Crippen LogP contribution in [0.2, 0.25) is 0 Å². The maximum atomic E-state index is 11.9. The van der Waals surface area contributed by atoms with Crippen LogP contribution in [0.15, 0.2) is 11.6 Å². The first kappa shape index (κ1) is 24.5. The van der Waals surface area contributed by atoms with Crippen LogP contribution in [0.1, 0.15) is 120 Å². The van der Waals surface area contributed by atoms with E-state index in [1.807, 2.05) is 0 Å². The number of carbonyl (C=O) groups is 1. The standard InChI is InChI=1S/C32H50O3/c1-20(33)34-24-11-12-29(7)21(27(24,4)5)10-13-30(8)22(29)18-25-32(35-25)23-19-26(2,3)14-15-28(23,6)16-17-31(30,32)9/h18,21,23-25H,10-17,19H2,1-9H3/t21-,23+,24-,25+,28+,29-,30+,31-,32+/m0/s1. The molecule has 0 N–H and O–H groups in total. The first-order valence-electron chi connectivity index (χ1n) is 14.6. The average Bonchev–Trinajstić information content (AvgIpc) is 3.48. The molecule has 1 aliphatic heterocycles. The van der Waals surface area contributed by atoms with Crippen LogP contribution in [0.3, 0.4) is 0 Å². The molecule has 1 saturated heterocycles. The van der Waals surface area contributed by atoms with Gasteiger partial charge in [-0.05, 0) is 91.3 Å². The van der Waals surface area contributed by atoms with E-state index >= 15 is 0 Å². The highest BCUT2D eigenvalue weighted by Crippen LogP contribution is 2.81. The van der Waals surface area contributed by atoms with Gasteiger partial charge in [0.1, 0.15) is 17.8 Å². The van der Waals surface area contributed by atoms with Gasteiger partial charge in [-0.15, -0.1) is 0 Å². The van der Waals surface area contributed by atoms with Gasteiger partial charge in [-0.2, -0.15) is 0 Å². The summed E-state index contributed by atoms with van der Waals surface area (Å²) in [7, 11) is 0. The van der Waals surface area contributed by atoms with Gasteiger partial charge in [0.25, 0.3) is 0 Å². The Labute approximate surface area is 214 Å². The second-order valence-electron chi connectivity index (χ2n) is 16.1.